The van der Waals surface area contributed by atoms with Crippen molar-refractivity contribution in [3.05, 3.63) is 71.8 Å². The molecular weight excluding hydrogens is 311 g/mol. The van der Waals surface area contributed by atoms with Crippen LogP contribution in [0.25, 0.3) is 5.69 Å². The number of hydrogen-bond acceptors (Lipinski definition) is 5. The van der Waals surface area contributed by atoms with Gasteiger partial charge in [0.05, 0.1) is 11.4 Å². The molecule has 3 aromatic rings. The molecule has 0 unspecified atom stereocenters. The first-order valence-electron chi connectivity index (χ1n) is 7.07. The van der Waals surface area contributed by atoms with Gasteiger partial charge >= 0.3 is 0 Å². The lowest BCUT2D eigenvalue weighted by atomic mass is 10.1. The van der Waals surface area contributed by atoms with Crippen LogP contribution < -0.4 is 5.43 Å². The van der Waals surface area contributed by atoms with Gasteiger partial charge in [-0.25, -0.2) is 14.5 Å². The third-order valence-electron chi connectivity index (χ3n) is 3.31. The molecular formula is C16H13FN6O. The second-order valence-electron chi connectivity index (χ2n) is 4.95. The summed E-state index contributed by atoms with van der Waals surface area (Å²) in [5.74, 6) is -0.809. The predicted octanol–water partition coefficient (Wildman–Crippen LogP) is 1.96. The van der Waals surface area contributed by atoms with Gasteiger partial charge in [-0.1, -0.05) is 12.1 Å². The molecule has 0 aliphatic carbocycles. The Bertz CT molecular complexity index is 874. The fourth-order valence-corrected chi connectivity index (χ4v) is 2.02. The Balaban J connectivity index is 1.75. The Morgan fingerprint density at radius 3 is 2.67 bits per heavy atom. The summed E-state index contributed by atoms with van der Waals surface area (Å²) in [6, 6.07) is 12.6. The number of nitrogens with one attached hydrogen (secondary N) is 1. The molecule has 0 saturated carbocycles. The highest BCUT2D eigenvalue weighted by atomic mass is 19.1. The maximum absolute atomic E-state index is 12.9. The Kier molecular flexibility index (Phi) is 4.37. The quantitative estimate of drug-likeness (QED) is 0.587. The van der Waals surface area contributed by atoms with Crippen LogP contribution in [0.15, 0.2) is 60.0 Å². The SMILES string of the molecule is CC(=NNC(=O)c1ccc(F)cc1)c1cccc(-n2cnnn2)c1. The fourth-order valence-electron chi connectivity index (χ4n) is 2.02. The van der Waals surface area contributed by atoms with Crippen LogP contribution in [0.1, 0.15) is 22.8 Å². The van der Waals surface area contributed by atoms with Crippen molar-refractivity contribution in [1.82, 2.24) is 25.6 Å². The van der Waals surface area contributed by atoms with Crippen LogP contribution in [-0.4, -0.2) is 31.8 Å². The molecule has 0 radical (unpaired) electrons. The highest BCUT2D eigenvalue weighted by Gasteiger charge is 2.06. The smallest absolute Gasteiger partial charge is 0.267 e. The summed E-state index contributed by atoms with van der Waals surface area (Å²) in [6.45, 7) is 1.77. The lowest BCUT2D eigenvalue weighted by Crippen LogP contribution is -2.19. The monoisotopic (exact) mass is 324 g/mol. The van der Waals surface area contributed by atoms with E-state index in [1.54, 1.807) is 6.92 Å². The molecule has 120 valence electrons. The van der Waals surface area contributed by atoms with Crippen molar-refractivity contribution in [3.63, 3.8) is 0 Å². The van der Waals surface area contributed by atoms with Crippen molar-refractivity contribution in [3.8, 4) is 5.69 Å². The van der Waals surface area contributed by atoms with E-state index < -0.39 is 11.7 Å². The minimum absolute atomic E-state index is 0.329. The second kappa shape index (κ2) is 6.78. The maximum Gasteiger partial charge on any atom is 0.271 e. The molecule has 3 rings (SSSR count). The first-order valence-corrected chi connectivity index (χ1v) is 7.07. The molecule has 0 fully saturated rings. The summed E-state index contributed by atoms with van der Waals surface area (Å²) in [5.41, 5.74) is 4.97. The molecule has 1 heterocycles. The highest BCUT2D eigenvalue weighted by molar-refractivity contribution is 6.01. The first kappa shape index (κ1) is 15.5. The molecule has 0 aliphatic heterocycles. The molecule has 2 aromatic carbocycles. The number of carbonyl (C=O) groups is 1. The molecule has 24 heavy (non-hydrogen) atoms. The Morgan fingerprint density at radius 2 is 1.96 bits per heavy atom. The number of tetrazole rings is 1. The molecule has 1 amide bonds. The zero-order valence-electron chi connectivity index (χ0n) is 12.7. The number of amides is 1. The van der Waals surface area contributed by atoms with E-state index in [2.05, 4.69) is 26.1 Å². The summed E-state index contributed by atoms with van der Waals surface area (Å²) in [6.07, 6.45) is 1.49. The number of hydrogen-bond donors (Lipinski definition) is 1. The van der Waals surface area contributed by atoms with Crippen LogP contribution in [0.2, 0.25) is 0 Å². The Hall–Kier alpha value is -3.42. The minimum atomic E-state index is -0.411. The molecule has 7 nitrogen and oxygen atoms in total. The minimum Gasteiger partial charge on any atom is -0.267 e. The highest BCUT2D eigenvalue weighted by Crippen LogP contribution is 2.10. The normalized spacial score (nSPS) is 11.3. The Labute approximate surface area is 136 Å². The van der Waals surface area contributed by atoms with E-state index in [9.17, 15) is 9.18 Å². The van der Waals surface area contributed by atoms with Gasteiger partial charge < -0.3 is 0 Å². The summed E-state index contributed by atoms with van der Waals surface area (Å²) < 4.78 is 14.4. The van der Waals surface area contributed by atoms with Crippen molar-refractivity contribution in [2.24, 2.45) is 5.10 Å². The van der Waals surface area contributed by atoms with Gasteiger partial charge in [0.2, 0.25) is 0 Å². The van der Waals surface area contributed by atoms with E-state index in [1.165, 1.54) is 35.3 Å². The molecule has 1 N–H and O–H groups in total. The van der Waals surface area contributed by atoms with E-state index in [-0.39, 0.29) is 0 Å². The van der Waals surface area contributed by atoms with E-state index >= 15 is 0 Å². The first-order chi connectivity index (χ1) is 11.6. The topological polar surface area (TPSA) is 85.1 Å². The van der Waals surface area contributed by atoms with E-state index in [0.29, 0.717) is 11.3 Å². The van der Waals surface area contributed by atoms with E-state index in [4.69, 9.17) is 0 Å². The van der Waals surface area contributed by atoms with Crippen molar-refractivity contribution in [2.75, 3.05) is 0 Å². The number of nitrogens with zero attached hydrogens (tertiary/aromatic N) is 5. The van der Waals surface area contributed by atoms with Gasteiger partial charge in [-0.3, -0.25) is 4.79 Å². The third kappa shape index (κ3) is 3.49. The number of rotatable bonds is 4. The van der Waals surface area contributed by atoms with Crippen LogP contribution in [-0.2, 0) is 0 Å². The van der Waals surface area contributed by atoms with Crippen LogP contribution in [0.5, 0.6) is 0 Å². The van der Waals surface area contributed by atoms with E-state index in [0.717, 1.165) is 11.3 Å². The summed E-state index contributed by atoms with van der Waals surface area (Å²) in [5, 5.41) is 15.1. The van der Waals surface area contributed by atoms with Crippen LogP contribution in [0, 0.1) is 5.82 Å². The molecule has 8 heteroatoms. The Morgan fingerprint density at radius 1 is 1.17 bits per heavy atom. The number of halogens is 1. The van der Waals surface area contributed by atoms with Gasteiger partial charge in [0, 0.05) is 5.56 Å². The fraction of sp³-hybridized carbons (Fsp3) is 0.0625. The lowest BCUT2D eigenvalue weighted by molar-refractivity contribution is 0.0955. The number of aromatic nitrogens is 4. The zero-order chi connectivity index (χ0) is 16.9. The average Bonchev–Trinajstić information content (AvgIpc) is 3.15. The number of hydrazone groups is 1. The summed E-state index contributed by atoms with van der Waals surface area (Å²) in [7, 11) is 0. The van der Waals surface area contributed by atoms with Crippen LogP contribution in [0.3, 0.4) is 0 Å². The van der Waals surface area contributed by atoms with Gasteiger partial charge in [0.25, 0.3) is 5.91 Å². The molecule has 0 aliphatic rings. The maximum atomic E-state index is 12.9. The van der Waals surface area contributed by atoms with Crippen molar-refractivity contribution < 1.29 is 9.18 Å². The third-order valence-corrected chi connectivity index (χ3v) is 3.31. The van der Waals surface area contributed by atoms with Crippen molar-refractivity contribution in [2.45, 2.75) is 6.92 Å². The van der Waals surface area contributed by atoms with Crippen LogP contribution in [0.4, 0.5) is 4.39 Å². The average molecular weight is 324 g/mol. The molecule has 1 aromatic heterocycles. The lowest BCUT2D eigenvalue weighted by Gasteiger charge is -2.05. The molecule has 0 spiro atoms. The summed E-state index contributed by atoms with van der Waals surface area (Å²) >= 11 is 0. The summed E-state index contributed by atoms with van der Waals surface area (Å²) in [4.78, 5) is 12.0. The van der Waals surface area contributed by atoms with E-state index in [1.807, 2.05) is 24.3 Å². The van der Waals surface area contributed by atoms with Gasteiger partial charge in [-0.05, 0) is 59.3 Å². The van der Waals surface area contributed by atoms with Crippen molar-refractivity contribution in [1.29, 1.82) is 0 Å². The van der Waals surface area contributed by atoms with Gasteiger partial charge in [0.1, 0.15) is 12.1 Å². The second-order valence-corrected chi connectivity index (χ2v) is 4.95. The van der Waals surface area contributed by atoms with Crippen LogP contribution >= 0.6 is 0 Å². The van der Waals surface area contributed by atoms with Gasteiger partial charge in [-0.15, -0.1) is 5.10 Å². The largest absolute Gasteiger partial charge is 0.271 e. The van der Waals surface area contributed by atoms with Gasteiger partial charge in [0.15, 0.2) is 0 Å². The van der Waals surface area contributed by atoms with Crippen molar-refractivity contribution >= 4 is 11.6 Å². The number of benzene rings is 2. The molecule has 0 saturated heterocycles. The van der Waals surface area contributed by atoms with Gasteiger partial charge in [-0.2, -0.15) is 5.10 Å². The predicted molar refractivity (Wildman–Crippen MR) is 85.2 cm³/mol. The number of carbonyl (C=O) groups excluding carboxylic acids is 1. The zero-order valence-corrected chi connectivity index (χ0v) is 12.7. The molecule has 0 bridgehead atoms. The molecule has 0 atom stereocenters. The standard InChI is InChI=1S/C16H13FN6O/c1-11(19-20-16(24)12-5-7-14(17)8-6-12)13-3-2-4-15(9-13)23-10-18-21-22-23/h2-10H,1H3,(H,20,24).